The summed E-state index contributed by atoms with van der Waals surface area (Å²) in [6.45, 7) is 1.69. The molecule has 0 unspecified atom stereocenters. The standard InChI is InChI=1S/C12H12O5/c1-8(13)4-12(14)15-6-9-2-3-10-11(5-9)17-7-16-10/h2-3,5H,4,6-7H2,1H3. The summed E-state index contributed by atoms with van der Waals surface area (Å²) < 4.78 is 15.3. The van der Waals surface area contributed by atoms with E-state index in [-0.39, 0.29) is 25.6 Å². The highest BCUT2D eigenvalue weighted by Crippen LogP contribution is 2.32. The highest BCUT2D eigenvalue weighted by molar-refractivity contribution is 5.94. The molecule has 0 spiro atoms. The Kier molecular flexibility index (Phi) is 3.27. The first-order valence-electron chi connectivity index (χ1n) is 5.19. The second kappa shape index (κ2) is 4.86. The van der Waals surface area contributed by atoms with Crippen LogP contribution in [0.3, 0.4) is 0 Å². The molecule has 0 atom stereocenters. The molecule has 5 nitrogen and oxygen atoms in total. The average molecular weight is 236 g/mol. The second-order valence-corrected chi connectivity index (χ2v) is 3.73. The smallest absolute Gasteiger partial charge is 0.313 e. The number of Topliss-reactive ketones (excluding diaryl/α,β-unsaturated/α-hetero) is 1. The van der Waals surface area contributed by atoms with Gasteiger partial charge in [0.15, 0.2) is 11.5 Å². The first-order valence-corrected chi connectivity index (χ1v) is 5.19. The molecule has 1 aromatic carbocycles. The van der Waals surface area contributed by atoms with Gasteiger partial charge in [-0.25, -0.2) is 0 Å². The average Bonchev–Trinajstić information content (AvgIpc) is 2.72. The maximum atomic E-state index is 11.2. The number of fused-ring (bicyclic) bond motifs is 1. The van der Waals surface area contributed by atoms with Crippen molar-refractivity contribution < 1.29 is 23.8 Å². The Balaban J connectivity index is 1.91. The third kappa shape index (κ3) is 2.96. The number of rotatable bonds is 4. The highest BCUT2D eigenvalue weighted by atomic mass is 16.7. The summed E-state index contributed by atoms with van der Waals surface area (Å²) in [5.41, 5.74) is 0.797. The minimum Gasteiger partial charge on any atom is -0.460 e. The Bertz CT molecular complexity index is 452. The second-order valence-electron chi connectivity index (χ2n) is 3.73. The van der Waals surface area contributed by atoms with Gasteiger partial charge in [-0.1, -0.05) is 6.07 Å². The molecule has 0 N–H and O–H groups in total. The van der Waals surface area contributed by atoms with Gasteiger partial charge in [-0.15, -0.1) is 0 Å². The van der Waals surface area contributed by atoms with Crippen LogP contribution in [0, 0.1) is 0 Å². The number of ether oxygens (including phenoxy) is 3. The number of benzene rings is 1. The van der Waals surface area contributed by atoms with Gasteiger partial charge in [0.2, 0.25) is 6.79 Å². The molecule has 0 amide bonds. The molecule has 0 radical (unpaired) electrons. The zero-order valence-corrected chi connectivity index (χ0v) is 9.39. The minimum atomic E-state index is -0.518. The van der Waals surface area contributed by atoms with Gasteiger partial charge < -0.3 is 14.2 Å². The number of esters is 1. The normalized spacial score (nSPS) is 12.3. The number of hydrogen-bond donors (Lipinski definition) is 0. The van der Waals surface area contributed by atoms with Gasteiger partial charge in [0.05, 0.1) is 0 Å². The van der Waals surface area contributed by atoms with Crippen molar-refractivity contribution in [1.29, 1.82) is 0 Å². The lowest BCUT2D eigenvalue weighted by atomic mass is 10.2. The lowest BCUT2D eigenvalue weighted by Gasteiger charge is -2.04. The number of ketones is 1. The third-order valence-electron chi connectivity index (χ3n) is 2.23. The van der Waals surface area contributed by atoms with E-state index in [1.165, 1.54) is 6.92 Å². The molecule has 0 aromatic heterocycles. The Morgan fingerprint density at radius 3 is 2.82 bits per heavy atom. The number of carbonyl (C=O) groups excluding carboxylic acids is 2. The minimum absolute atomic E-state index is 0.128. The Morgan fingerprint density at radius 2 is 2.06 bits per heavy atom. The molecule has 1 heterocycles. The largest absolute Gasteiger partial charge is 0.460 e. The summed E-state index contributed by atoms with van der Waals surface area (Å²) in [5, 5.41) is 0. The van der Waals surface area contributed by atoms with E-state index in [1.54, 1.807) is 18.2 Å². The monoisotopic (exact) mass is 236 g/mol. The Hall–Kier alpha value is -2.04. The van der Waals surface area contributed by atoms with Crippen LogP contribution in [0.2, 0.25) is 0 Å². The fourth-order valence-electron chi connectivity index (χ4n) is 1.45. The topological polar surface area (TPSA) is 61.8 Å². The number of hydrogen-bond acceptors (Lipinski definition) is 5. The van der Waals surface area contributed by atoms with Crippen molar-refractivity contribution in [2.24, 2.45) is 0 Å². The van der Waals surface area contributed by atoms with Crippen LogP contribution in [0.5, 0.6) is 11.5 Å². The number of carbonyl (C=O) groups is 2. The third-order valence-corrected chi connectivity index (χ3v) is 2.23. The van der Waals surface area contributed by atoms with Crippen LogP contribution < -0.4 is 9.47 Å². The molecule has 0 saturated heterocycles. The molecule has 5 heteroatoms. The van der Waals surface area contributed by atoms with Crippen LogP contribution in [-0.2, 0) is 20.9 Å². The molecular weight excluding hydrogens is 224 g/mol. The Labute approximate surface area is 98.3 Å². The molecular formula is C12H12O5. The van der Waals surface area contributed by atoms with Gasteiger partial charge in [-0.3, -0.25) is 9.59 Å². The SMILES string of the molecule is CC(=O)CC(=O)OCc1ccc2c(c1)OCO2. The van der Waals surface area contributed by atoms with E-state index in [0.717, 1.165) is 5.56 Å². The fraction of sp³-hybridized carbons (Fsp3) is 0.333. The van der Waals surface area contributed by atoms with Crippen molar-refractivity contribution in [2.45, 2.75) is 20.0 Å². The van der Waals surface area contributed by atoms with E-state index in [1.807, 2.05) is 0 Å². The molecule has 90 valence electrons. The molecule has 1 aliphatic rings. The van der Waals surface area contributed by atoms with Crippen molar-refractivity contribution in [3.63, 3.8) is 0 Å². The highest BCUT2D eigenvalue weighted by Gasteiger charge is 2.14. The fourth-order valence-corrected chi connectivity index (χ4v) is 1.45. The van der Waals surface area contributed by atoms with Crippen LogP contribution in [0.1, 0.15) is 18.9 Å². The summed E-state index contributed by atoms with van der Waals surface area (Å²) in [7, 11) is 0. The molecule has 1 aliphatic heterocycles. The van der Waals surface area contributed by atoms with Crippen LogP contribution in [0.4, 0.5) is 0 Å². The lowest BCUT2D eigenvalue weighted by molar-refractivity contribution is -0.146. The van der Waals surface area contributed by atoms with Gasteiger partial charge in [-0.05, 0) is 24.6 Å². The van der Waals surface area contributed by atoms with Crippen LogP contribution in [0.25, 0.3) is 0 Å². The van der Waals surface area contributed by atoms with Crippen molar-refractivity contribution in [1.82, 2.24) is 0 Å². The maximum Gasteiger partial charge on any atom is 0.313 e. The van der Waals surface area contributed by atoms with Crippen LogP contribution >= 0.6 is 0 Å². The van der Waals surface area contributed by atoms with E-state index in [0.29, 0.717) is 11.5 Å². The van der Waals surface area contributed by atoms with Gasteiger partial charge in [0, 0.05) is 0 Å². The maximum absolute atomic E-state index is 11.2. The predicted molar refractivity (Wildman–Crippen MR) is 57.7 cm³/mol. The molecule has 0 saturated carbocycles. The molecule has 2 rings (SSSR count). The Morgan fingerprint density at radius 1 is 1.29 bits per heavy atom. The van der Waals surface area contributed by atoms with Crippen molar-refractivity contribution in [2.75, 3.05) is 6.79 Å². The van der Waals surface area contributed by atoms with Crippen LogP contribution in [-0.4, -0.2) is 18.5 Å². The zero-order chi connectivity index (χ0) is 12.3. The summed E-state index contributed by atoms with van der Waals surface area (Å²) in [6, 6.07) is 5.30. The van der Waals surface area contributed by atoms with Gasteiger partial charge in [0.1, 0.15) is 18.8 Å². The quantitative estimate of drug-likeness (QED) is 0.584. The first-order chi connectivity index (χ1) is 8.15. The van der Waals surface area contributed by atoms with Gasteiger partial charge >= 0.3 is 5.97 Å². The summed E-state index contributed by atoms with van der Waals surface area (Å²) in [5.74, 6) is 0.602. The first kappa shape index (κ1) is 11.4. The molecule has 1 aromatic rings. The predicted octanol–water partition coefficient (Wildman–Crippen LogP) is 1.44. The summed E-state index contributed by atoms with van der Waals surface area (Å²) in [6.07, 6.45) is -0.190. The van der Waals surface area contributed by atoms with E-state index in [9.17, 15) is 9.59 Å². The van der Waals surface area contributed by atoms with E-state index < -0.39 is 5.97 Å². The summed E-state index contributed by atoms with van der Waals surface area (Å²) in [4.78, 5) is 21.8. The summed E-state index contributed by atoms with van der Waals surface area (Å²) >= 11 is 0. The molecule has 0 bridgehead atoms. The van der Waals surface area contributed by atoms with E-state index in [4.69, 9.17) is 14.2 Å². The van der Waals surface area contributed by atoms with E-state index >= 15 is 0 Å². The van der Waals surface area contributed by atoms with Gasteiger partial charge in [0.25, 0.3) is 0 Å². The van der Waals surface area contributed by atoms with Crippen LogP contribution in [0.15, 0.2) is 18.2 Å². The van der Waals surface area contributed by atoms with Crippen molar-refractivity contribution >= 4 is 11.8 Å². The van der Waals surface area contributed by atoms with E-state index in [2.05, 4.69) is 0 Å². The lowest BCUT2D eigenvalue weighted by Crippen LogP contribution is -2.08. The van der Waals surface area contributed by atoms with Crippen molar-refractivity contribution in [3.8, 4) is 11.5 Å². The molecule has 0 aliphatic carbocycles. The van der Waals surface area contributed by atoms with Gasteiger partial charge in [-0.2, -0.15) is 0 Å². The molecule has 0 fully saturated rings. The zero-order valence-electron chi connectivity index (χ0n) is 9.39. The van der Waals surface area contributed by atoms with Crippen molar-refractivity contribution in [3.05, 3.63) is 23.8 Å². The molecule has 17 heavy (non-hydrogen) atoms.